The number of benzene rings is 1. The predicted molar refractivity (Wildman–Crippen MR) is 72.0 cm³/mol. The standard InChI is InChI=1S/C15H16F2N2/c1-3-14(15-7-4-11(16)9-18-15)19-12-5-6-13(17)10(2)8-12/h4-9,14,19H,3H2,1-2H3. The Kier molecular flexibility index (Phi) is 4.10. The fourth-order valence-electron chi connectivity index (χ4n) is 1.91. The molecule has 4 heteroatoms. The Morgan fingerprint density at radius 2 is 2.00 bits per heavy atom. The summed E-state index contributed by atoms with van der Waals surface area (Å²) in [5, 5.41) is 3.28. The van der Waals surface area contributed by atoms with Gasteiger partial charge in [-0.1, -0.05) is 6.92 Å². The zero-order valence-corrected chi connectivity index (χ0v) is 11.0. The summed E-state index contributed by atoms with van der Waals surface area (Å²) >= 11 is 0. The van der Waals surface area contributed by atoms with Gasteiger partial charge in [0.05, 0.1) is 17.9 Å². The van der Waals surface area contributed by atoms with Crippen molar-refractivity contribution in [3.05, 3.63) is 59.4 Å². The first-order valence-electron chi connectivity index (χ1n) is 6.24. The fraction of sp³-hybridized carbons (Fsp3) is 0.267. The Hall–Kier alpha value is -1.97. The zero-order valence-electron chi connectivity index (χ0n) is 11.0. The second-order valence-electron chi connectivity index (χ2n) is 4.47. The van der Waals surface area contributed by atoms with Gasteiger partial charge in [0.2, 0.25) is 0 Å². The molecule has 0 spiro atoms. The van der Waals surface area contributed by atoms with Crippen molar-refractivity contribution in [2.75, 3.05) is 5.32 Å². The van der Waals surface area contributed by atoms with Gasteiger partial charge in [-0.05, 0) is 49.2 Å². The zero-order chi connectivity index (χ0) is 13.8. The SMILES string of the molecule is CCC(Nc1ccc(F)c(C)c1)c1ccc(F)cn1. The lowest BCUT2D eigenvalue weighted by molar-refractivity contribution is 0.613. The van der Waals surface area contributed by atoms with Gasteiger partial charge < -0.3 is 5.32 Å². The normalized spacial score (nSPS) is 12.2. The highest BCUT2D eigenvalue weighted by molar-refractivity contribution is 5.47. The lowest BCUT2D eigenvalue weighted by atomic mass is 10.1. The number of pyridine rings is 1. The number of rotatable bonds is 4. The van der Waals surface area contributed by atoms with E-state index in [-0.39, 0.29) is 17.7 Å². The van der Waals surface area contributed by atoms with E-state index >= 15 is 0 Å². The molecule has 0 radical (unpaired) electrons. The van der Waals surface area contributed by atoms with Crippen LogP contribution in [0.25, 0.3) is 0 Å². The molecule has 19 heavy (non-hydrogen) atoms. The Labute approximate surface area is 111 Å². The van der Waals surface area contributed by atoms with Gasteiger partial charge >= 0.3 is 0 Å². The van der Waals surface area contributed by atoms with Crippen molar-refractivity contribution >= 4 is 5.69 Å². The van der Waals surface area contributed by atoms with Crippen molar-refractivity contribution in [1.29, 1.82) is 0 Å². The van der Waals surface area contributed by atoms with Crippen molar-refractivity contribution in [2.45, 2.75) is 26.3 Å². The average Bonchev–Trinajstić information content (AvgIpc) is 2.41. The summed E-state index contributed by atoms with van der Waals surface area (Å²) in [6.07, 6.45) is 2.00. The van der Waals surface area contributed by atoms with E-state index in [0.717, 1.165) is 17.8 Å². The first kappa shape index (κ1) is 13.5. The highest BCUT2D eigenvalue weighted by atomic mass is 19.1. The van der Waals surface area contributed by atoms with Gasteiger partial charge in [-0.25, -0.2) is 8.78 Å². The van der Waals surface area contributed by atoms with E-state index < -0.39 is 0 Å². The number of anilines is 1. The van der Waals surface area contributed by atoms with Crippen LogP contribution >= 0.6 is 0 Å². The number of aromatic nitrogens is 1. The van der Waals surface area contributed by atoms with Crippen LogP contribution in [0.5, 0.6) is 0 Å². The van der Waals surface area contributed by atoms with Gasteiger partial charge in [-0.2, -0.15) is 0 Å². The van der Waals surface area contributed by atoms with Gasteiger partial charge in [0.1, 0.15) is 11.6 Å². The van der Waals surface area contributed by atoms with Crippen molar-refractivity contribution in [2.24, 2.45) is 0 Å². The molecular formula is C15H16F2N2. The van der Waals surface area contributed by atoms with Crippen molar-refractivity contribution in [3.8, 4) is 0 Å². The monoisotopic (exact) mass is 262 g/mol. The molecule has 0 saturated carbocycles. The van der Waals surface area contributed by atoms with Crippen molar-refractivity contribution in [1.82, 2.24) is 4.98 Å². The Bertz CT molecular complexity index is 553. The molecule has 2 nitrogen and oxygen atoms in total. The molecule has 0 aliphatic rings. The van der Waals surface area contributed by atoms with Crippen LogP contribution in [0.3, 0.4) is 0 Å². The average molecular weight is 262 g/mol. The second-order valence-corrected chi connectivity index (χ2v) is 4.47. The number of hydrogen-bond acceptors (Lipinski definition) is 2. The molecule has 0 amide bonds. The number of hydrogen-bond donors (Lipinski definition) is 1. The summed E-state index contributed by atoms with van der Waals surface area (Å²) in [6.45, 7) is 3.73. The van der Waals surface area contributed by atoms with E-state index in [0.29, 0.717) is 5.56 Å². The largest absolute Gasteiger partial charge is 0.377 e. The number of halogens is 2. The topological polar surface area (TPSA) is 24.9 Å². The molecule has 0 fully saturated rings. The van der Waals surface area contributed by atoms with Gasteiger partial charge in [-0.15, -0.1) is 0 Å². The molecule has 1 aromatic carbocycles. The number of aryl methyl sites for hydroxylation is 1. The van der Waals surface area contributed by atoms with Crippen molar-refractivity contribution < 1.29 is 8.78 Å². The predicted octanol–water partition coefficient (Wildman–Crippen LogP) is 4.23. The van der Waals surface area contributed by atoms with Crippen LogP contribution < -0.4 is 5.32 Å². The van der Waals surface area contributed by atoms with E-state index in [9.17, 15) is 8.78 Å². The lowest BCUT2D eigenvalue weighted by Gasteiger charge is -2.18. The molecule has 0 saturated heterocycles. The van der Waals surface area contributed by atoms with Crippen LogP contribution in [0.4, 0.5) is 14.5 Å². The molecule has 1 unspecified atom stereocenters. The van der Waals surface area contributed by atoms with E-state index in [1.54, 1.807) is 25.1 Å². The second kappa shape index (κ2) is 5.78. The summed E-state index contributed by atoms with van der Waals surface area (Å²) in [5.41, 5.74) is 2.19. The third-order valence-electron chi connectivity index (χ3n) is 3.01. The summed E-state index contributed by atoms with van der Waals surface area (Å²) in [5.74, 6) is -0.574. The third-order valence-corrected chi connectivity index (χ3v) is 3.01. The Morgan fingerprint density at radius 3 is 2.58 bits per heavy atom. The minimum atomic E-state index is -0.351. The first-order valence-corrected chi connectivity index (χ1v) is 6.24. The molecule has 0 aliphatic heterocycles. The van der Waals surface area contributed by atoms with Crippen LogP contribution in [-0.2, 0) is 0 Å². The quantitative estimate of drug-likeness (QED) is 0.891. The highest BCUT2D eigenvalue weighted by Gasteiger charge is 2.11. The summed E-state index contributed by atoms with van der Waals surface area (Å²) in [7, 11) is 0. The molecule has 1 aromatic heterocycles. The van der Waals surface area contributed by atoms with E-state index in [2.05, 4.69) is 10.3 Å². The Morgan fingerprint density at radius 1 is 1.21 bits per heavy atom. The summed E-state index contributed by atoms with van der Waals surface area (Å²) < 4.78 is 26.1. The third kappa shape index (κ3) is 3.28. The molecule has 0 aliphatic carbocycles. The van der Waals surface area contributed by atoms with Crippen LogP contribution in [0.1, 0.15) is 30.6 Å². The van der Waals surface area contributed by atoms with Crippen LogP contribution in [0.2, 0.25) is 0 Å². The van der Waals surface area contributed by atoms with Crippen LogP contribution in [0.15, 0.2) is 36.5 Å². The molecule has 2 aromatic rings. The maximum absolute atomic E-state index is 13.2. The minimum Gasteiger partial charge on any atom is -0.377 e. The van der Waals surface area contributed by atoms with Gasteiger partial charge in [0, 0.05) is 5.69 Å². The molecular weight excluding hydrogens is 246 g/mol. The fourth-order valence-corrected chi connectivity index (χ4v) is 1.91. The van der Waals surface area contributed by atoms with E-state index in [4.69, 9.17) is 0 Å². The van der Waals surface area contributed by atoms with Gasteiger partial charge in [0.15, 0.2) is 0 Å². The number of nitrogens with one attached hydrogen (secondary N) is 1. The maximum Gasteiger partial charge on any atom is 0.141 e. The van der Waals surface area contributed by atoms with Crippen molar-refractivity contribution in [3.63, 3.8) is 0 Å². The van der Waals surface area contributed by atoms with Crippen LogP contribution in [-0.4, -0.2) is 4.98 Å². The van der Waals surface area contributed by atoms with Crippen LogP contribution in [0, 0.1) is 18.6 Å². The molecule has 0 bridgehead atoms. The van der Waals surface area contributed by atoms with Gasteiger partial charge in [-0.3, -0.25) is 4.98 Å². The summed E-state index contributed by atoms with van der Waals surface area (Å²) in [6, 6.07) is 7.90. The number of nitrogens with zero attached hydrogens (tertiary/aromatic N) is 1. The minimum absolute atomic E-state index is 0.0227. The molecule has 1 N–H and O–H groups in total. The molecule has 1 heterocycles. The molecule has 1 atom stereocenters. The molecule has 2 rings (SSSR count). The highest BCUT2D eigenvalue weighted by Crippen LogP contribution is 2.22. The Balaban J connectivity index is 2.18. The summed E-state index contributed by atoms with van der Waals surface area (Å²) in [4.78, 5) is 4.07. The lowest BCUT2D eigenvalue weighted by Crippen LogP contribution is -2.11. The molecule has 100 valence electrons. The van der Waals surface area contributed by atoms with E-state index in [1.807, 2.05) is 6.92 Å². The first-order chi connectivity index (χ1) is 9.10. The van der Waals surface area contributed by atoms with E-state index in [1.165, 1.54) is 18.3 Å². The smallest absolute Gasteiger partial charge is 0.141 e. The maximum atomic E-state index is 13.2. The van der Waals surface area contributed by atoms with Gasteiger partial charge in [0.25, 0.3) is 0 Å².